The molecule has 0 bridgehead atoms. The number of aliphatic carboxylic acids is 1. The van der Waals surface area contributed by atoms with Gasteiger partial charge in [-0.15, -0.1) is 0 Å². The first-order chi connectivity index (χ1) is 6.54. The summed E-state index contributed by atoms with van der Waals surface area (Å²) in [6.07, 6.45) is 1.21. The Labute approximate surface area is 90.0 Å². The van der Waals surface area contributed by atoms with Gasteiger partial charge >= 0.3 is 5.97 Å². The lowest BCUT2D eigenvalue weighted by Gasteiger charge is -2.19. The van der Waals surface area contributed by atoms with E-state index in [1.807, 2.05) is 12.1 Å². The number of rotatable bonds is 1. The predicted octanol–water partition coefficient (Wildman–Crippen LogP) is 1.63. The number of nitrogens with two attached hydrogens (primary N) is 1. The van der Waals surface area contributed by atoms with E-state index in [4.69, 9.17) is 10.8 Å². The quantitative estimate of drug-likeness (QED) is 0.802. The number of hydrogen-bond donors (Lipinski definition) is 2. The normalized spacial score (nSPS) is 24.7. The maximum atomic E-state index is 11.0. The van der Waals surface area contributed by atoms with Crippen LogP contribution in [0.3, 0.4) is 0 Å². The Morgan fingerprint density at radius 3 is 2.93 bits per heavy atom. The monoisotopic (exact) mass is 255 g/mol. The van der Waals surface area contributed by atoms with Crippen molar-refractivity contribution in [1.82, 2.24) is 0 Å². The van der Waals surface area contributed by atoms with Crippen LogP contribution < -0.4 is 5.73 Å². The van der Waals surface area contributed by atoms with Crippen molar-refractivity contribution >= 4 is 21.9 Å². The van der Waals surface area contributed by atoms with Crippen LogP contribution in [0.15, 0.2) is 22.7 Å². The third-order valence-electron chi connectivity index (χ3n) is 2.72. The Morgan fingerprint density at radius 1 is 1.57 bits per heavy atom. The number of fused-ring (bicyclic) bond motifs is 1. The number of carboxylic acids is 1. The second kappa shape index (κ2) is 3.07. The number of carbonyl (C=O) groups is 1. The lowest BCUT2D eigenvalue weighted by molar-refractivity contribution is -0.143. The van der Waals surface area contributed by atoms with E-state index in [1.165, 1.54) is 0 Å². The molecule has 2 rings (SSSR count). The standard InChI is InChI=1S/C10H10BrNO2/c11-7-1-2-8-6(5-7)3-4-10(8,12)9(13)14/h1-2,5H,3-4,12H2,(H,13,14)/t10-/m1/s1. The zero-order valence-electron chi connectivity index (χ0n) is 7.46. The van der Waals surface area contributed by atoms with Crippen LogP contribution in [-0.2, 0) is 16.8 Å². The van der Waals surface area contributed by atoms with Crippen LogP contribution in [-0.4, -0.2) is 11.1 Å². The molecule has 1 atom stereocenters. The molecule has 0 radical (unpaired) electrons. The third-order valence-corrected chi connectivity index (χ3v) is 3.21. The van der Waals surface area contributed by atoms with Crippen molar-refractivity contribution in [1.29, 1.82) is 0 Å². The van der Waals surface area contributed by atoms with Gasteiger partial charge in [-0.2, -0.15) is 0 Å². The molecule has 0 aromatic heterocycles. The summed E-state index contributed by atoms with van der Waals surface area (Å²) in [4.78, 5) is 11.0. The van der Waals surface area contributed by atoms with Gasteiger partial charge in [0.05, 0.1) is 0 Å². The molecule has 1 aromatic rings. The molecule has 74 valence electrons. The minimum Gasteiger partial charge on any atom is -0.480 e. The molecule has 0 unspecified atom stereocenters. The van der Waals surface area contributed by atoms with Gasteiger partial charge in [-0.1, -0.05) is 22.0 Å². The summed E-state index contributed by atoms with van der Waals surface area (Å²) in [5, 5.41) is 9.05. The average Bonchev–Trinajstić information content (AvgIpc) is 2.45. The van der Waals surface area contributed by atoms with Crippen LogP contribution in [0, 0.1) is 0 Å². The van der Waals surface area contributed by atoms with Gasteiger partial charge in [-0.25, -0.2) is 4.79 Å². The fourth-order valence-corrected chi connectivity index (χ4v) is 2.30. The van der Waals surface area contributed by atoms with Crippen molar-refractivity contribution < 1.29 is 9.90 Å². The minimum atomic E-state index is -1.18. The van der Waals surface area contributed by atoms with Crippen LogP contribution in [0.2, 0.25) is 0 Å². The topological polar surface area (TPSA) is 63.3 Å². The zero-order valence-corrected chi connectivity index (χ0v) is 9.04. The zero-order chi connectivity index (χ0) is 10.3. The summed E-state index contributed by atoms with van der Waals surface area (Å²) in [6.45, 7) is 0. The molecule has 3 N–H and O–H groups in total. The maximum Gasteiger partial charge on any atom is 0.328 e. The number of benzene rings is 1. The molecule has 0 saturated carbocycles. The van der Waals surface area contributed by atoms with E-state index in [0.29, 0.717) is 6.42 Å². The van der Waals surface area contributed by atoms with Crippen molar-refractivity contribution in [2.24, 2.45) is 5.73 Å². The van der Waals surface area contributed by atoms with Crippen molar-refractivity contribution in [3.05, 3.63) is 33.8 Å². The SMILES string of the molecule is N[C@]1(C(=O)O)CCc2cc(Br)ccc21. The van der Waals surface area contributed by atoms with Crippen LogP contribution in [0.5, 0.6) is 0 Å². The molecule has 1 aliphatic rings. The molecule has 0 heterocycles. The van der Waals surface area contributed by atoms with E-state index >= 15 is 0 Å². The summed E-state index contributed by atoms with van der Waals surface area (Å²) >= 11 is 3.35. The Morgan fingerprint density at radius 2 is 2.29 bits per heavy atom. The molecule has 1 aliphatic carbocycles. The Hall–Kier alpha value is -0.870. The molecular weight excluding hydrogens is 246 g/mol. The molecule has 14 heavy (non-hydrogen) atoms. The van der Waals surface area contributed by atoms with Gasteiger partial charge in [0, 0.05) is 4.47 Å². The lowest BCUT2D eigenvalue weighted by Crippen LogP contribution is -2.42. The van der Waals surface area contributed by atoms with Gasteiger partial charge in [0.15, 0.2) is 0 Å². The van der Waals surface area contributed by atoms with Crippen molar-refractivity contribution in [3.63, 3.8) is 0 Å². The highest BCUT2D eigenvalue weighted by molar-refractivity contribution is 9.10. The summed E-state index contributed by atoms with van der Waals surface area (Å²) in [5.41, 5.74) is 6.44. The summed E-state index contributed by atoms with van der Waals surface area (Å²) < 4.78 is 0.964. The van der Waals surface area contributed by atoms with E-state index < -0.39 is 11.5 Å². The fourth-order valence-electron chi connectivity index (χ4n) is 1.89. The van der Waals surface area contributed by atoms with E-state index in [1.54, 1.807) is 6.07 Å². The van der Waals surface area contributed by atoms with E-state index in [-0.39, 0.29) is 0 Å². The number of aryl methyl sites for hydroxylation is 1. The van der Waals surface area contributed by atoms with Gasteiger partial charge < -0.3 is 10.8 Å². The van der Waals surface area contributed by atoms with Crippen molar-refractivity contribution in [2.75, 3.05) is 0 Å². The van der Waals surface area contributed by atoms with Crippen molar-refractivity contribution in [3.8, 4) is 0 Å². The molecule has 0 aliphatic heterocycles. The van der Waals surface area contributed by atoms with Crippen LogP contribution in [0.25, 0.3) is 0 Å². The maximum absolute atomic E-state index is 11.0. The molecule has 1 aromatic carbocycles. The first-order valence-electron chi connectivity index (χ1n) is 4.35. The molecular formula is C10H10BrNO2. The molecule has 3 nitrogen and oxygen atoms in total. The first kappa shape index (κ1) is 9.68. The summed E-state index contributed by atoms with van der Waals surface area (Å²) in [6, 6.07) is 5.56. The largest absolute Gasteiger partial charge is 0.480 e. The fraction of sp³-hybridized carbons (Fsp3) is 0.300. The first-order valence-corrected chi connectivity index (χ1v) is 5.14. The summed E-state index contributed by atoms with van der Waals surface area (Å²) in [7, 11) is 0. The molecule has 4 heteroatoms. The van der Waals surface area contributed by atoms with Gasteiger partial charge in [0.25, 0.3) is 0 Å². The van der Waals surface area contributed by atoms with Crippen molar-refractivity contribution in [2.45, 2.75) is 18.4 Å². The second-order valence-electron chi connectivity index (χ2n) is 3.58. The van der Waals surface area contributed by atoms with E-state index in [2.05, 4.69) is 15.9 Å². The second-order valence-corrected chi connectivity index (χ2v) is 4.49. The van der Waals surface area contributed by atoms with Gasteiger partial charge in [0.2, 0.25) is 0 Å². The predicted molar refractivity (Wildman–Crippen MR) is 56.0 cm³/mol. The average molecular weight is 256 g/mol. The molecule has 0 fully saturated rings. The van der Waals surface area contributed by atoms with Gasteiger partial charge in [-0.05, 0) is 36.1 Å². The highest BCUT2D eigenvalue weighted by Gasteiger charge is 2.41. The smallest absolute Gasteiger partial charge is 0.328 e. The van der Waals surface area contributed by atoms with Crippen LogP contribution in [0.4, 0.5) is 0 Å². The van der Waals surface area contributed by atoms with E-state index in [0.717, 1.165) is 22.0 Å². The minimum absolute atomic E-state index is 0.480. The molecule has 0 saturated heterocycles. The summed E-state index contributed by atoms with van der Waals surface area (Å²) in [5.74, 6) is -0.946. The van der Waals surface area contributed by atoms with Gasteiger partial charge in [0.1, 0.15) is 5.54 Å². The molecule has 0 spiro atoms. The van der Waals surface area contributed by atoms with Gasteiger partial charge in [-0.3, -0.25) is 0 Å². The highest BCUT2D eigenvalue weighted by atomic mass is 79.9. The van der Waals surface area contributed by atoms with Crippen LogP contribution >= 0.6 is 15.9 Å². The number of hydrogen-bond acceptors (Lipinski definition) is 2. The Balaban J connectivity index is 2.55. The van der Waals surface area contributed by atoms with Crippen LogP contribution in [0.1, 0.15) is 17.5 Å². The Bertz CT molecular complexity index is 405. The molecule has 0 amide bonds. The highest BCUT2D eigenvalue weighted by Crippen LogP contribution is 2.36. The van der Waals surface area contributed by atoms with E-state index in [9.17, 15) is 4.79 Å². The lowest BCUT2D eigenvalue weighted by atomic mass is 9.93. The third kappa shape index (κ3) is 1.26. The number of carboxylic acid groups (broad SMARTS) is 1. The Kier molecular flexibility index (Phi) is 2.12. The number of halogens is 1.